The van der Waals surface area contributed by atoms with Gasteiger partial charge in [-0.25, -0.2) is 0 Å². The molecule has 3 nitrogen and oxygen atoms in total. The number of hydrogen-bond acceptors (Lipinski definition) is 3. The van der Waals surface area contributed by atoms with Gasteiger partial charge in [0, 0.05) is 12.1 Å². The first kappa shape index (κ1) is 17.5. The van der Waals surface area contributed by atoms with Crippen molar-refractivity contribution in [1.82, 2.24) is 4.90 Å². The molecule has 0 heterocycles. The number of nitrogens with two attached hydrogens (primary N) is 1. The summed E-state index contributed by atoms with van der Waals surface area (Å²) in [6, 6.07) is 18.7. The lowest BCUT2D eigenvalue weighted by atomic mass is 10.0. The smallest absolute Gasteiger partial charge is 0.124 e. The van der Waals surface area contributed by atoms with Crippen LogP contribution in [0.15, 0.2) is 54.6 Å². The van der Waals surface area contributed by atoms with Gasteiger partial charge in [-0.2, -0.15) is 0 Å². The SMILES string of the molecule is CCCCN(C)C(CN)c1ccccc1OCc1ccccc1. The maximum atomic E-state index is 6.08. The molecular weight excluding hydrogens is 284 g/mol. The lowest BCUT2D eigenvalue weighted by molar-refractivity contribution is 0.233. The van der Waals surface area contributed by atoms with Crippen molar-refractivity contribution in [2.45, 2.75) is 32.4 Å². The quantitative estimate of drug-likeness (QED) is 0.760. The molecule has 1 atom stereocenters. The summed E-state index contributed by atoms with van der Waals surface area (Å²) in [5, 5.41) is 0. The average Bonchev–Trinajstić information content (AvgIpc) is 2.60. The minimum atomic E-state index is 0.188. The van der Waals surface area contributed by atoms with E-state index in [0.717, 1.165) is 12.3 Å². The summed E-state index contributed by atoms with van der Waals surface area (Å²) in [5.74, 6) is 0.926. The van der Waals surface area contributed by atoms with Crippen molar-refractivity contribution in [3.8, 4) is 5.75 Å². The van der Waals surface area contributed by atoms with Crippen molar-refractivity contribution in [3.63, 3.8) is 0 Å². The second kappa shape index (κ2) is 9.33. The van der Waals surface area contributed by atoms with E-state index in [2.05, 4.69) is 43.1 Å². The molecule has 0 aliphatic carbocycles. The number of hydrogen-bond donors (Lipinski definition) is 1. The fourth-order valence-electron chi connectivity index (χ4n) is 2.73. The monoisotopic (exact) mass is 312 g/mol. The molecule has 3 heteroatoms. The van der Waals surface area contributed by atoms with Crippen LogP contribution in [0.25, 0.3) is 0 Å². The largest absolute Gasteiger partial charge is 0.489 e. The van der Waals surface area contributed by atoms with Crippen LogP contribution in [0.4, 0.5) is 0 Å². The van der Waals surface area contributed by atoms with Crippen molar-refractivity contribution in [2.24, 2.45) is 5.73 Å². The van der Waals surface area contributed by atoms with Crippen molar-refractivity contribution in [2.75, 3.05) is 20.1 Å². The first-order chi connectivity index (χ1) is 11.3. The van der Waals surface area contributed by atoms with Crippen LogP contribution < -0.4 is 10.5 Å². The summed E-state index contributed by atoms with van der Waals surface area (Å²) in [7, 11) is 2.14. The minimum Gasteiger partial charge on any atom is -0.489 e. The van der Waals surface area contributed by atoms with Crippen molar-refractivity contribution in [3.05, 3.63) is 65.7 Å². The zero-order valence-corrected chi connectivity index (χ0v) is 14.2. The molecule has 0 spiro atoms. The third-order valence-electron chi connectivity index (χ3n) is 4.13. The molecule has 124 valence electrons. The molecule has 0 aromatic heterocycles. The number of ether oxygens (including phenoxy) is 1. The lowest BCUT2D eigenvalue weighted by Gasteiger charge is -2.28. The maximum Gasteiger partial charge on any atom is 0.124 e. The predicted octanol–water partition coefficient (Wildman–Crippen LogP) is 4.00. The summed E-state index contributed by atoms with van der Waals surface area (Å²) in [4.78, 5) is 2.33. The predicted molar refractivity (Wildman–Crippen MR) is 96.5 cm³/mol. The third-order valence-corrected chi connectivity index (χ3v) is 4.13. The fourth-order valence-corrected chi connectivity index (χ4v) is 2.73. The van der Waals surface area contributed by atoms with Crippen LogP contribution in [0.2, 0.25) is 0 Å². The molecule has 0 saturated heterocycles. The van der Waals surface area contributed by atoms with E-state index in [9.17, 15) is 0 Å². The lowest BCUT2D eigenvalue weighted by Crippen LogP contribution is -2.31. The van der Waals surface area contributed by atoms with Gasteiger partial charge in [-0.1, -0.05) is 61.9 Å². The van der Waals surface area contributed by atoms with E-state index in [0.29, 0.717) is 13.2 Å². The van der Waals surface area contributed by atoms with Crippen LogP contribution in [0, 0.1) is 0 Å². The Balaban J connectivity index is 2.11. The molecule has 0 saturated carbocycles. The number of likely N-dealkylation sites (N-methyl/N-ethyl adjacent to an activating group) is 1. The number of benzene rings is 2. The molecule has 23 heavy (non-hydrogen) atoms. The first-order valence-corrected chi connectivity index (χ1v) is 8.42. The molecule has 2 N–H and O–H groups in total. The normalized spacial score (nSPS) is 12.3. The van der Waals surface area contributed by atoms with E-state index in [1.165, 1.54) is 24.0 Å². The number of unbranched alkanes of at least 4 members (excludes halogenated alkanes) is 1. The van der Waals surface area contributed by atoms with Gasteiger partial charge >= 0.3 is 0 Å². The minimum absolute atomic E-state index is 0.188. The summed E-state index contributed by atoms with van der Waals surface area (Å²) < 4.78 is 6.08. The van der Waals surface area contributed by atoms with Gasteiger partial charge in [-0.15, -0.1) is 0 Å². The summed E-state index contributed by atoms with van der Waals surface area (Å²) >= 11 is 0. The molecule has 2 rings (SSSR count). The van der Waals surface area contributed by atoms with Crippen LogP contribution in [0.5, 0.6) is 5.75 Å². The highest BCUT2D eigenvalue weighted by Crippen LogP contribution is 2.29. The Kier molecular flexibility index (Phi) is 7.11. The van der Waals surface area contributed by atoms with E-state index < -0.39 is 0 Å². The van der Waals surface area contributed by atoms with Gasteiger partial charge in [0.25, 0.3) is 0 Å². The van der Waals surface area contributed by atoms with Gasteiger partial charge in [0.1, 0.15) is 12.4 Å². The second-order valence-electron chi connectivity index (χ2n) is 5.90. The van der Waals surface area contributed by atoms with Gasteiger partial charge < -0.3 is 10.5 Å². The maximum absolute atomic E-state index is 6.08. The second-order valence-corrected chi connectivity index (χ2v) is 5.90. The van der Waals surface area contributed by atoms with Crippen molar-refractivity contribution >= 4 is 0 Å². The van der Waals surface area contributed by atoms with Crippen LogP contribution in [-0.4, -0.2) is 25.0 Å². The Hall–Kier alpha value is -1.84. The first-order valence-electron chi connectivity index (χ1n) is 8.42. The Bertz CT molecular complexity index is 571. The topological polar surface area (TPSA) is 38.5 Å². The number of rotatable bonds is 9. The molecule has 1 unspecified atom stereocenters. The summed E-state index contributed by atoms with van der Waals surface area (Å²) in [6.07, 6.45) is 2.37. The van der Waals surface area contributed by atoms with Gasteiger partial charge in [-0.3, -0.25) is 4.90 Å². The molecule has 0 aliphatic heterocycles. The van der Waals surface area contributed by atoms with E-state index in [1.54, 1.807) is 0 Å². The fraction of sp³-hybridized carbons (Fsp3) is 0.400. The average molecular weight is 312 g/mol. The van der Waals surface area contributed by atoms with Gasteiger partial charge in [0.05, 0.1) is 6.04 Å². The van der Waals surface area contributed by atoms with Crippen LogP contribution in [0.1, 0.15) is 36.9 Å². The highest BCUT2D eigenvalue weighted by molar-refractivity contribution is 5.36. The third kappa shape index (κ3) is 5.08. The van der Waals surface area contributed by atoms with Crippen molar-refractivity contribution < 1.29 is 4.74 Å². The van der Waals surface area contributed by atoms with E-state index >= 15 is 0 Å². The molecule has 2 aromatic rings. The Labute approximate surface area is 140 Å². The van der Waals surface area contributed by atoms with Crippen LogP contribution in [0.3, 0.4) is 0 Å². The molecule has 0 fully saturated rings. The van der Waals surface area contributed by atoms with Gasteiger partial charge in [0.2, 0.25) is 0 Å². The van der Waals surface area contributed by atoms with Gasteiger partial charge in [0.15, 0.2) is 0 Å². The van der Waals surface area contributed by atoms with E-state index in [1.807, 2.05) is 30.3 Å². The summed E-state index contributed by atoms with van der Waals surface area (Å²) in [6.45, 7) is 4.42. The number of nitrogens with zero attached hydrogens (tertiary/aromatic N) is 1. The molecule has 2 aromatic carbocycles. The molecule has 0 aliphatic rings. The zero-order chi connectivity index (χ0) is 16.5. The number of para-hydroxylation sites is 1. The van der Waals surface area contributed by atoms with Crippen LogP contribution >= 0.6 is 0 Å². The van der Waals surface area contributed by atoms with E-state index in [-0.39, 0.29) is 6.04 Å². The highest BCUT2D eigenvalue weighted by atomic mass is 16.5. The van der Waals surface area contributed by atoms with Crippen LogP contribution in [-0.2, 0) is 6.61 Å². The van der Waals surface area contributed by atoms with E-state index in [4.69, 9.17) is 10.5 Å². The summed E-state index contributed by atoms with van der Waals surface area (Å²) in [5.41, 5.74) is 8.40. The Morgan fingerprint density at radius 2 is 1.74 bits per heavy atom. The molecule has 0 amide bonds. The highest BCUT2D eigenvalue weighted by Gasteiger charge is 2.18. The zero-order valence-electron chi connectivity index (χ0n) is 14.2. The molecule has 0 bridgehead atoms. The van der Waals surface area contributed by atoms with Gasteiger partial charge in [-0.05, 0) is 31.6 Å². The standard InChI is InChI=1S/C20H28N2O/c1-3-4-14-22(2)19(15-21)18-12-8-9-13-20(18)23-16-17-10-6-5-7-11-17/h5-13,19H,3-4,14-16,21H2,1-2H3. The molecule has 0 radical (unpaired) electrons. The Morgan fingerprint density at radius 1 is 1.04 bits per heavy atom. The molecular formula is C20H28N2O. The Morgan fingerprint density at radius 3 is 2.43 bits per heavy atom. The van der Waals surface area contributed by atoms with Crippen molar-refractivity contribution in [1.29, 1.82) is 0 Å².